The summed E-state index contributed by atoms with van der Waals surface area (Å²) in [4.78, 5) is 23.8. The molecule has 1 aromatic carbocycles. The van der Waals surface area contributed by atoms with Crippen molar-refractivity contribution in [3.8, 4) is 11.3 Å². The number of carbonyl (C=O) groups is 1. The van der Waals surface area contributed by atoms with Crippen molar-refractivity contribution in [2.24, 2.45) is 7.05 Å². The Labute approximate surface area is 173 Å². The highest BCUT2D eigenvalue weighted by Gasteiger charge is 2.33. The van der Waals surface area contributed by atoms with Gasteiger partial charge in [0.15, 0.2) is 5.58 Å². The third-order valence-corrected chi connectivity index (χ3v) is 5.38. The van der Waals surface area contributed by atoms with Crippen LogP contribution in [0.2, 0.25) is 0 Å². The van der Waals surface area contributed by atoms with Crippen molar-refractivity contribution in [1.82, 2.24) is 25.1 Å². The summed E-state index contributed by atoms with van der Waals surface area (Å²) in [5.74, 6) is -0.0190. The molecule has 152 valence electrons. The van der Waals surface area contributed by atoms with Crippen LogP contribution >= 0.6 is 0 Å². The Morgan fingerprint density at radius 1 is 1.30 bits per heavy atom. The molecule has 30 heavy (non-hydrogen) atoms. The van der Waals surface area contributed by atoms with Crippen LogP contribution in [-0.2, 0) is 18.4 Å². The molecule has 5 rings (SSSR count). The van der Waals surface area contributed by atoms with Crippen LogP contribution in [0.5, 0.6) is 0 Å². The number of rotatable bonds is 5. The lowest BCUT2D eigenvalue weighted by Crippen LogP contribution is -2.43. The van der Waals surface area contributed by atoms with E-state index in [1.165, 1.54) is 0 Å². The van der Waals surface area contributed by atoms with Crippen molar-refractivity contribution >= 4 is 23.0 Å². The van der Waals surface area contributed by atoms with E-state index >= 15 is 0 Å². The number of aryl methyl sites for hydroxylation is 1. The van der Waals surface area contributed by atoms with E-state index in [2.05, 4.69) is 20.4 Å². The quantitative estimate of drug-likeness (QED) is 0.552. The zero-order valence-corrected chi connectivity index (χ0v) is 16.7. The first-order valence-corrected chi connectivity index (χ1v) is 10.0. The van der Waals surface area contributed by atoms with Crippen LogP contribution in [0.1, 0.15) is 18.4 Å². The first-order valence-electron chi connectivity index (χ1n) is 10.0. The molecule has 0 spiro atoms. The number of nitrogens with one attached hydrogen (secondary N) is 1. The Morgan fingerprint density at radius 3 is 3.03 bits per heavy atom. The van der Waals surface area contributed by atoms with E-state index in [0.717, 1.165) is 47.3 Å². The van der Waals surface area contributed by atoms with Crippen LogP contribution in [0, 0.1) is 0 Å². The number of para-hydroxylation sites is 2. The molecule has 8 heteroatoms. The van der Waals surface area contributed by atoms with Gasteiger partial charge in [0, 0.05) is 38.1 Å². The molecule has 0 saturated carbocycles. The summed E-state index contributed by atoms with van der Waals surface area (Å²) < 4.78 is 7.62. The molecule has 1 N–H and O–H groups in total. The summed E-state index contributed by atoms with van der Waals surface area (Å²) in [6, 6.07) is 11.8. The van der Waals surface area contributed by atoms with Gasteiger partial charge in [0.1, 0.15) is 11.6 Å². The number of pyridine rings is 1. The minimum Gasteiger partial charge on any atom is -0.423 e. The number of hydrogen-bond donors (Lipinski definition) is 1. The molecular formula is C22H22N6O2. The van der Waals surface area contributed by atoms with Crippen LogP contribution < -0.4 is 10.2 Å². The fraction of sp³-hybridized carbons (Fsp3) is 0.273. The van der Waals surface area contributed by atoms with E-state index in [4.69, 9.17) is 4.42 Å². The van der Waals surface area contributed by atoms with Crippen molar-refractivity contribution in [1.29, 1.82) is 0 Å². The number of oxazole rings is 1. The Hall–Kier alpha value is -3.68. The molecule has 1 amide bonds. The molecule has 4 heterocycles. The van der Waals surface area contributed by atoms with Crippen molar-refractivity contribution in [2.75, 3.05) is 11.4 Å². The maximum atomic E-state index is 12.9. The van der Waals surface area contributed by atoms with Gasteiger partial charge in [-0.05, 0) is 42.7 Å². The molecule has 4 aromatic rings. The van der Waals surface area contributed by atoms with Crippen LogP contribution in [0.15, 0.2) is 59.4 Å². The van der Waals surface area contributed by atoms with Crippen LogP contribution in [0.4, 0.5) is 6.01 Å². The smallest absolute Gasteiger partial charge is 0.299 e. The highest BCUT2D eigenvalue weighted by molar-refractivity contribution is 5.85. The second kappa shape index (κ2) is 7.62. The standard InChI is InChI=1S/C22H22N6O2/c1-27-14-16(13-25-27)18-11-15(8-9-23-18)12-24-21(29)19-6-4-10-28(19)22-26-17-5-2-3-7-20(17)30-22/h2-3,5,7-9,11,13-14,19H,4,6,10,12H2,1H3,(H,24,29). The number of hydrogen-bond acceptors (Lipinski definition) is 6. The Kier molecular flexibility index (Phi) is 4.66. The number of nitrogens with zero attached hydrogens (tertiary/aromatic N) is 5. The molecule has 1 aliphatic rings. The maximum Gasteiger partial charge on any atom is 0.299 e. The van der Waals surface area contributed by atoms with E-state index < -0.39 is 0 Å². The fourth-order valence-corrected chi connectivity index (χ4v) is 3.85. The summed E-state index contributed by atoms with van der Waals surface area (Å²) in [6.07, 6.45) is 7.16. The van der Waals surface area contributed by atoms with Crippen LogP contribution in [0.25, 0.3) is 22.4 Å². The average molecular weight is 402 g/mol. The van der Waals surface area contributed by atoms with E-state index in [0.29, 0.717) is 12.6 Å². The minimum atomic E-state index is -0.280. The summed E-state index contributed by atoms with van der Waals surface area (Å²) in [5, 5.41) is 7.25. The minimum absolute atomic E-state index is 0.0190. The van der Waals surface area contributed by atoms with E-state index in [1.807, 2.05) is 54.5 Å². The van der Waals surface area contributed by atoms with Crippen LogP contribution in [-0.4, -0.2) is 38.2 Å². The number of aromatic nitrogens is 4. The van der Waals surface area contributed by atoms with Crippen molar-refractivity contribution in [3.63, 3.8) is 0 Å². The third-order valence-electron chi connectivity index (χ3n) is 5.38. The number of anilines is 1. The highest BCUT2D eigenvalue weighted by Crippen LogP contribution is 2.28. The number of carbonyl (C=O) groups excluding carboxylic acids is 1. The summed E-state index contributed by atoms with van der Waals surface area (Å²) in [5.41, 5.74) is 4.31. The normalized spacial score (nSPS) is 16.3. The zero-order chi connectivity index (χ0) is 20.5. The molecule has 1 saturated heterocycles. The van der Waals surface area contributed by atoms with Crippen molar-refractivity contribution in [2.45, 2.75) is 25.4 Å². The van der Waals surface area contributed by atoms with Gasteiger partial charge in [-0.15, -0.1) is 0 Å². The van der Waals surface area contributed by atoms with Crippen molar-refractivity contribution < 1.29 is 9.21 Å². The first kappa shape index (κ1) is 18.4. The fourth-order valence-electron chi connectivity index (χ4n) is 3.85. The van der Waals surface area contributed by atoms with Gasteiger partial charge in [0.05, 0.1) is 11.9 Å². The lowest BCUT2D eigenvalue weighted by molar-refractivity contribution is -0.122. The van der Waals surface area contributed by atoms with E-state index in [-0.39, 0.29) is 11.9 Å². The summed E-state index contributed by atoms with van der Waals surface area (Å²) in [6.45, 7) is 1.19. The predicted octanol–water partition coefficient (Wildman–Crippen LogP) is 2.91. The third kappa shape index (κ3) is 3.52. The number of amides is 1. The van der Waals surface area contributed by atoms with Gasteiger partial charge in [-0.1, -0.05) is 12.1 Å². The molecule has 1 aliphatic heterocycles. The molecule has 1 atom stereocenters. The van der Waals surface area contributed by atoms with Gasteiger partial charge in [0.25, 0.3) is 6.01 Å². The van der Waals surface area contributed by atoms with Crippen molar-refractivity contribution in [3.05, 3.63) is 60.6 Å². The average Bonchev–Trinajstić information content (AvgIpc) is 3.50. The summed E-state index contributed by atoms with van der Waals surface area (Å²) in [7, 11) is 1.87. The molecule has 1 unspecified atom stereocenters. The second-order valence-electron chi connectivity index (χ2n) is 7.49. The molecular weight excluding hydrogens is 380 g/mol. The Morgan fingerprint density at radius 2 is 2.20 bits per heavy atom. The first-order chi connectivity index (χ1) is 14.7. The van der Waals surface area contributed by atoms with Gasteiger partial charge >= 0.3 is 0 Å². The summed E-state index contributed by atoms with van der Waals surface area (Å²) >= 11 is 0. The number of benzene rings is 1. The SMILES string of the molecule is Cn1cc(-c2cc(CNC(=O)C3CCCN3c3nc4ccccc4o3)ccn2)cn1. The Bertz CT molecular complexity index is 1160. The van der Waals surface area contributed by atoms with Crippen LogP contribution in [0.3, 0.4) is 0 Å². The highest BCUT2D eigenvalue weighted by atomic mass is 16.4. The molecule has 0 radical (unpaired) electrons. The molecule has 3 aromatic heterocycles. The zero-order valence-electron chi connectivity index (χ0n) is 16.7. The predicted molar refractivity (Wildman–Crippen MR) is 113 cm³/mol. The van der Waals surface area contributed by atoms with E-state index in [1.54, 1.807) is 17.1 Å². The number of fused-ring (bicyclic) bond motifs is 1. The second-order valence-corrected chi connectivity index (χ2v) is 7.49. The lowest BCUT2D eigenvalue weighted by atomic mass is 10.1. The van der Waals surface area contributed by atoms with Gasteiger partial charge < -0.3 is 14.6 Å². The van der Waals surface area contributed by atoms with Gasteiger partial charge in [0.2, 0.25) is 5.91 Å². The maximum absolute atomic E-state index is 12.9. The Balaban J connectivity index is 1.28. The molecule has 8 nitrogen and oxygen atoms in total. The van der Waals surface area contributed by atoms with Gasteiger partial charge in [-0.2, -0.15) is 10.1 Å². The van der Waals surface area contributed by atoms with E-state index in [9.17, 15) is 4.79 Å². The van der Waals surface area contributed by atoms with Gasteiger partial charge in [-0.25, -0.2) is 0 Å². The lowest BCUT2D eigenvalue weighted by Gasteiger charge is -2.22. The van der Waals surface area contributed by atoms with Gasteiger partial charge in [-0.3, -0.25) is 14.5 Å². The molecule has 1 fully saturated rings. The monoisotopic (exact) mass is 402 g/mol. The topological polar surface area (TPSA) is 89.1 Å². The largest absolute Gasteiger partial charge is 0.423 e. The molecule has 0 bridgehead atoms. The molecule has 0 aliphatic carbocycles.